The van der Waals surface area contributed by atoms with Crippen molar-refractivity contribution in [1.82, 2.24) is 15.5 Å². The van der Waals surface area contributed by atoms with Gasteiger partial charge in [0, 0.05) is 32.3 Å². The Kier molecular flexibility index (Phi) is 7.62. The second kappa shape index (κ2) is 9.73. The highest BCUT2D eigenvalue weighted by atomic mass is 19.1. The summed E-state index contributed by atoms with van der Waals surface area (Å²) in [6.07, 6.45) is -0.301. The summed E-state index contributed by atoms with van der Waals surface area (Å²) in [5.41, 5.74) is 0.915. The molecule has 1 fully saturated rings. The van der Waals surface area contributed by atoms with Crippen LogP contribution in [0, 0.1) is 5.82 Å². The van der Waals surface area contributed by atoms with E-state index in [1.54, 1.807) is 17.0 Å². The van der Waals surface area contributed by atoms with E-state index >= 15 is 0 Å². The zero-order chi connectivity index (χ0) is 20.7. The minimum Gasteiger partial charge on any atom is -0.444 e. The second-order valence-electron chi connectivity index (χ2n) is 7.78. The predicted octanol–water partition coefficient (Wildman–Crippen LogP) is 2.65. The lowest BCUT2D eigenvalue weighted by atomic mass is 10.1. The van der Waals surface area contributed by atoms with E-state index in [9.17, 15) is 9.18 Å². The summed E-state index contributed by atoms with van der Waals surface area (Å²) >= 11 is 0. The van der Waals surface area contributed by atoms with E-state index in [-0.39, 0.29) is 24.6 Å². The van der Waals surface area contributed by atoms with Crippen LogP contribution in [0.25, 0.3) is 0 Å². The molecular formula is C20H31FN4O3. The fourth-order valence-electron chi connectivity index (χ4n) is 2.72. The van der Waals surface area contributed by atoms with Crippen LogP contribution in [0.3, 0.4) is 0 Å². The minimum absolute atomic E-state index is 0.114. The van der Waals surface area contributed by atoms with Gasteiger partial charge in [0.2, 0.25) is 0 Å². The first-order valence-corrected chi connectivity index (χ1v) is 9.51. The van der Waals surface area contributed by atoms with Gasteiger partial charge in [-0.25, -0.2) is 14.2 Å². The number of hydrogen-bond donors (Lipinski definition) is 2. The van der Waals surface area contributed by atoms with Crippen molar-refractivity contribution in [1.29, 1.82) is 0 Å². The van der Waals surface area contributed by atoms with E-state index < -0.39 is 5.60 Å². The molecule has 1 aliphatic rings. The van der Waals surface area contributed by atoms with Crippen LogP contribution in [0.15, 0.2) is 23.2 Å². The van der Waals surface area contributed by atoms with Gasteiger partial charge in [-0.3, -0.25) is 0 Å². The van der Waals surface area contributed by atoms with Crippen molar-refractivity contribution in [2.75, 3.05) is 26.7 Å². The van der Waals surface area contributed by atoms with Crippen LogP contribution < -0.4 is 10.6 Å². The molecule has 1 saturated heterocycles. The van der Waals surface area contributed by atoms with E-state index in [4.69, 9.17) is 9.47 Å². The molecule has 2 rings (SSSR count). The summed E-state index contributed by atoms with van der Waals surface area (Å²) in [5, 5.41) is 6.51. The van der Waals surface area contributed by atoms with Gasteiger partial charge in [-0.05, 0) is 45.4 Å². The van der Waals surface area contributed by atoms with Crippen LogP contribution in [-0.4, -0.2) is 55.3 Å². The Hall–Kier alpha value is -2.35. The Labute approximate surface area is 166 Å². The maximum atomic E-state index is 13.7. The molecule has 1 amide bonds. The van der Waals surface area contributed by atoms with Gasteiger partial charge >= 0.3 is 6.09 Å². The number of hydrogen-bond acceptors (Lipinski definition) is 4. The Morgan fingerprint density at radius 1 is 1.36 bits per heavy atom. The number of ether oxygens (including phenoxy) is 2. The van der Waals surface area contributed by atoms with Crippen molar-refractivity contribution < 1.29 is 18.7 Å². The van der Waals surface area contributed by atoms with Gasteiger partial charge in [-0.15, -0.1) is 0 Å². The summed E-state index contributed by atoms with van der Waals surface area (Å²) in [5.74, 6) is 0.380. The highest BCUT2D eigenvalue weighted by Crippen LogP contribution is 2.15. The summed E-state index contributed by atoms with van der Waals surface area (Å²) in [6.45, 7) is 10.0. The highest BCUT2D eigenvalue weighted by Gasteiger charge is 2.34. The van der Waals surface area contributed by atoms with Crippen LogP contribution >= 0.6 is 0 Å². The molecule has 2 N–H and O–H groups in total. The Balaban J connectivity index is 1.90. The second-order valence-corrected chi connectivity index (χ2v) is 7.78. The number of carbonyl (C=O) groups is 1. The number of amides is 1. The predicted molar refractivity (Wildman–Crippen MR) is 107 cm³/mol. The van der Waals surface area contributed by atoms with E-state index in [1.165, 1.54) is 13.2 Å². The molecule has 0 radical (unpaired) electrons. The van der Waals surface area contributed by atoms with Crippen LogP contribution in [-0.2, 0) is 22.6 Å². The van der Waals surface area contributed by atoms with Crippen molar-refractivity contribution in [2.24, 2.45) is 4.99 Å². The van der Waals surface area contributed by atoms with Gasteiger partial charge in [0.1, 0.15) is 11.4 Å². The highest BCUT2D eigenvalue weighted by molar-refractivity contribution is 5.80. The van der Waals surface area contributed by atoms with E-state index in [0.29, 0.717) is 37.7 Å². The topological polar surface area (TPSA) is 75.2 Å². The number of benzene rings is 1. The van der Waals surface area contributed by atoms with Gasteiger partial charge in [0.25, 0.3) is 0 Å². The third kappa shape index (κ3) is 6.67. The van der Waals surface area contributed by atoms with Crippen LogP contribution in [0.5, 0.6) is 0 Å². The van der Waals surface area contributed by atoms with Gasteiger partial charge in [-0.1, -0.05) is 6.07 Å². The van der Waals surface area contributed by atoms with Crippen molar-refractivity contribution >= 4 is 12.1 Å². The number of nitrogens with one attached hydrogen (secondary N) is 2. The summed E-state index contributed by atoms with van der Waals surface area (Å²) in [6, 6.07) is 5.03. The van der Waals surface area contributed by atoms with E-state index in [1.807, 2.05) is 27.7 Å². The Morgan fingerprint density at radius 3 is 2.68 bits per heavy atom. The molecule has 1 aromatic carbocycles. The molecule has 7 nitrogen and oxygen atoms in total. The fraction of sp³-hybridized carbons (Fsp3) is 0.600. The molecule has 8 heteroatoms. The maximum Gasteiger partial charge on any atom is 0.410 e. The molecule has 1 heterocycles. The smallest absolute Gasteiger partial charge is 0.410 e. The quantitative estimate of drug-likeness (QED) is 0.573. The number of rotatable bonds is 6. The zero-order valence-electron chi connectivity index (χ0n) is 17.3. The lowest BCUT2D eigenvalue weighted by Crippen LogP contribution is -2.63. The molecule has 0 bridgehead atoms. The minimum atomic E-state index is -0.497. The van der Waals surface area contributed by atoms with Gasteiger partial charge in [-0.2, -0.15) is 0 Å². The molecule has 0 unspecified atom stereocenters. The molecule has 28 heavy (non-hydrogen) atoms. The number of halogens is 1. The first-order valence-electron chi connectivity index (χ1n) is 9.51. The van der Waals surface area contributed by atoms with Crippen molar-refractivity contribution in [3.05, 3.63) is 35.1 Å². The summed E-state index contributed by atoms with van der Waals surface area (Å²) in [4.78, 5) is 18.2. The average molecular weight is 394 g/mol. The van der Waals surface area contributed by atoms with Crippen LogP contribution in [0.2, 0.25) is 0 Å². The third-order valence-corrected chi connectivity index (χ3v) is 4.05. The van der Waals surface area contributed by atoms with E-state index in [0.717, 1.165) is 5.56 Å². The molecule has 156 valence electrons. The van der Waals surface area contributed by atoms with Crippen molar-refractivity contribution in [3.8, 4) is 0 Å². The molecule has 0 aliphatic carbocycles. The normalized spacial score (nSPS) is 15.2. The van der Waals surface area contributed by atoms with E-state index in [2.05, 4.69) is 15.6 Å². The standard InChI is InChI=1S/C20H31FN4O3/c1-6-22-18(23-10-14-7-8-17(21)15(9-14)13-27-5)24-16-11-25(12-16)19(26)28-20(2,3)4/h7-9,16H,6,10-13H2,1-5H3,(H2,22,23,24). The summed E-state index contributed by atoms with van der Waals surface area (Å²) in [7, 11) is 1.54. The average Bonchev–Trinajstić information content (AvgIpc) is 2.56. The number of guanidine groups is 1. The Bertz CT molecular complexity index is 697. The largest absolute Gasteiger partial charge is 0.444 e. The SMILES string of the molecule is CCNC(=NCc1ccc(F)c(COC)c1)NC1CN(C(=O)OC(C)(C)C)C1. The van der Waals surface area contributed by atoms with Gasteiger partial charge in [0.05, 0.1) is 19.2 Å². The Morgan fingerprint density at radius 2 is 2.07 bits per heavy atom. The maximum absolute atomic E-state index is 13.7. The van der Waals surface area contributed by atoms with Crippen LogP contribution in [0.4, 0.5) is 9.18 Å². The number of aliphatic imine (C=N–C) groups is 1. The third-order valence-electron chi connectivity index (χ3n) is 4.05. The first kappa shape index (κ1) is 21.9. The summed E-state index contributed by atoms with van der Waals surface area (Å²) < 4.78 is 24.1. The number of nitrogens with zero attached hydrogens (tertiary/aromatic N) is 2. The first-order chi connectivity index (χ1) is 13.2. The van der Waals surface area contributed by atoms with Crippen molar-refractivity contribution in [2.45, 2.75) is 52.5 Å². The molecule has 0 saturated carbocycles. The monoisotopic (exact) mass is 394 g/mol. The molecular weight excluding hydrogens is 363 g/mol. The fourth-order valence-corrected chi connectivity index (χ4v) is 2.72. The number of carbonyl (C=O) groups excluding carboxylic acids is 1. The zero-order valence-corrected chi connectivity index (χ0v) is 17.3. The lowest BCUT2D eigenvalue weighted by molar-refractivity contribution is 0.00700. The molecule has 0 atom stereocenters. The number of methoxy groups -OCH3 is 1. The van der Waals surface area contributed by atoms with Gasteiger partial charge in [0.15, 0.2) is 5.96 Å². The van der Waals surface area contributed by atoms with Gasteiger partial charge < -0.3 is 25.0 Å². The molecule has 0 aromatic heterocycles. The molecule has 1 aromatic rings. The molecule has 1 aliphatic heterocycles. The van der Waals surface area contributed by atoms with Crippen LogP contribution in [0.1, 0.15) is 38.8 Å². The lowest BCUT2D eigenvalue weighted by Gasteiger charge is -2.40. The van der Waals surface area contributed by atoms with Crippen molar-refractivity contribution in [3.63, 3.8) is 0 Å². The number of likely N-dealkylation sites (tertiary alicyclic amines) is 1. The molecule has 0 spiro atoms.